The normalized spacial score (nSPS) is 12.0. The van der Waals surface area contributed by atoms with Crippen LogP contribution in [0.3, 0.4) is 0 Å². The molecule has 0 unspecified atom stereocenters. The number of halogens is 2. The van der Waals surface area contributed by atoms with Crippen LogP contribution >= 0.6 is 11.6 Å². The minimum Gasteiger partial charge on any atom is -0.324 e. The number of hydrogen-bond acceptors (Lipinski definition) is 2. The van der Waals surface area contributed by atoms with Gasteiger partial charge < -0.3 is 5.32 Å². The van der Waals surface area contributed by atoms with Gasteiger partial charge in [-0.1, -0.05) is 24.3 Å². The predicted octanol–water partition coefficient (Wildman–Crippen LogP) is 3.21. The summed E-state index contributed by atoms with van der Waals surface area (Å²) in [7, 11) is 0. The van der Waals surface area contributed by atoms with Crippen molar-refractivity contribution in [2.75, 3.05) is 11.2 Å². The Morgan fingerprint density at radius 2 is 1.80 bits per heavy atom. The molecule has 0 aliphatic heterocycles. The minimum absolute atomic E-state index is 0.185. The number of nitrogens with one attached hydrogen (secondary N) is 1. The van der Waals surface area contributed by atoms with Gasteiger partial charge in [-0.05, 0) is 17.7 Å². The molecule has 2 aromatic carbocycles. The number of alkyl halides is 1. The van der Waals surface area contributed by atoms with E-state index >= 15 is 0 Å². The molecule has 0 spiro atoms. The Morgan fingerprint density at radius 3 is 2.50 bits per heavy atom. The second-order valence-electron chi connectivity index (χ2n) is 4.40. The zero-order valence-corrected chi connectivity index (χ0v) is 11.0. The summed E-state index contributed by atoms with van der Waals surface area (Å²) in [5.74, 6) is -1.45. The van der Waals surface area contributed by atoms with Crippen LogP contribution in [0.2, 0.25) is 0 Å². The maximum absolute atomic E-state index is 14.1. The van der Waals surface area contributed by atoms with Crippen molar-refractivity contribution in [2.24, 2.45) is 0 Å². The Hall–Kier alpha value is -2.20. The summed E-state index contributed by atoms with van der Waals surface area (Å²) >= 11 is 5.44. The largest absolute Gasteiger partial charge is 0.324 e. The van der Waals surface area contributed by atoms with Crippen molar-refractivity contribution in [3.8, 4) is 11.1 Å². The molecular formula is C15H9ClFNO2. The third kappa shape index (κ3) is 1.80. The van der Waals surface area contributed by atoms with E-state index in [2.05, 4.69) is 5.32 Å². The Kier molecular flexibility index (Phi) is 3.03. The van der Waals surface area contributed by atoms with Crippen molar-refractivity contribution in [1.82, 2.24) is 0 Å². The average molecular weight is 290 g/mol. The van der Waals surface area contributed by atoms with E-state index < -0.39 is 11.7 Å². The number of anilines is 1. The van der Waals surface area contributed by atoms with Crippen LogP contribution in [0.15, 0.2) is 36.4 Å². The molecule has 1 amide bonds. The molecule has 3 rings (SSSR count). The van der Waals surface area contributed by atoms with Gasteiger partial charge in [-0.3, -0.25) is 9.59 Å². The van der Waals surface area contributed by atoms with Crippen molar-refractivity contribution in [2.45, 2.75) is 0 Å². The van der Waals surface area contributed by atoms with Gasteiger partial charge >= 0.3 is 0 Å². The highest BCUT2D eigenvalue weighted by Crippen LogP contribution is 2.41. The van der Waals surface area contributed by atoms with E-state index in [1.54, 1.807) is 24.3 Å². The number of carbonyl (C=O) groups excluding carboxylic acids is 2. The first-order valence-electron chi connectivity index (χ1n) is 5.96. The van der Waals surface area contributed by atoms with E-state index in [0.717, 1.165) is 0 Å². The van der Waals surface area contributed by atoms with E-state index in [0.29, 0.717) is 11.1 Å². The molecule has 0 fully saturated rings. The first kappa shape index (κ1) is 12.8. The SMILES string of the molecule is O=C(CCl)Nc1ccc(F)c2c1C(=O)c1ccccc1-2. The third-order valence-corrected chi connectivity index (χ3v) is 3.46. The zero-order chi connectivity index (χ0) is 14.3. The summed E-state index contributed by atoms with van der Waals surface area (Å²) in [5, 5.41) is 2.53. The fraction of sp³-hybridized carbons (Fsp3) is 0.0667. The van der Waals surface area contributed by atoms with Crippen molar-refractivity contribution in [1.29, 1.82) is 0 Å². The quantitative estimate of drug-likeness (QED) is 0.736. The lowest BCUT2D eigenvalue weighted by atomic mass is 10.0. The van der Waals surface area contributed by atoms with Gasteiger partial charge in [-0.15, -0.1) is 11.6 Å². The lowest BCUT2D eigenvalue weighted by Crippen LogP contribution is -2.15. The van der Waals surface area contributed by atoms with E-state index in [1.807, 2.05) is 0 Å². The molecule has 0 bridgehead atoms. The summed E-state index contributed by atoms with van der Waals surface area (Å²) in [6, 6.07) is 9.40. The van der Waals surface area contributed by atoms with Crippen LogP contribution in [0, 0.1) is 5.82 Å². The monoisotopic (exact) mass is 289 g/mol. The number of hydrogen-bond donors (Lipinski definition) is 1. The predicted molar refractivity (Wildman–Crippen MR) is 74.6 cm³/mol. The van der Waals surface area contributed by atoms with Gasteiger partial charge in [0.25, 0.3) is 0 Å². The van der Waals surface area contributed by atoms with Crippen LogP contribution in [-0.2, 0) is 4.79 Å². The van der Waals surface area contributed by atoms with Gasteiger partial charge in [0.1, 0.15) is 11.7 Å². The fourth-order valence-electron chi connectivity index (χ4n) is 2.40. The summed E-state index contributed by atoms with van der Waals surface area (Å²) in [4.78, 5) is 23.8. The Morgan fingerprint density at radius 1 is 1.10 bits per heavy atom. The van der Waals surface area contributed by atoms with Crippen LogP contribution in [0.4, 0.5) is 10.1 Å². The topological polar surface area (TPSA) is 46.2 Å². The standard InChI is InChI=1S/C15H9ClFNO2/c16-7-12(19)18-11-6-5-10(17)13-8-3-1-2-4-9(8)15(20)14(11)13/h1-6H,7H2,(H,18,19). The summed E-state index contributed by atoms with van der Waals surface area (Å²) < 4.78 is 14.1. The molecule has 0 aromatic heterocycles. The van der Waals surface area contributed by atoms with Crippen molar-refractivity contribution >= 4 is 29.0 Å². The Bertz CT molecular complexity index is 743. The van der Waals surface area contributed by atoms with Crippen molar-refractivity contribution in [3.05, 3.63) is 53.3 Å². The number of ketones is 1. The molecule has 100 valence electrons. The second-order valence-corrected chi connectivity index (χ2v) is 4.67. The highest BCUT2D eigenvalue weighted by Gasteiger charge is 2.31. The molecular weight excluding hydrogens is 281 g/mol. The van der Waals surface area contributed by atoms with Crippen LogP contribution in [-0.4, -0.2) is 17.6 Å². The van der Waals surface area contributed by atoms with E-state index in [1.165, 1.54) is 12.1 Å². The van der Waals surface area contributed by atoms with Gasteiger partial charge in [0.2, 0.25) is 5.91 Å². The molecule has 1 aliphatic carbocycles. The van der Waals surface area contributed by atoms with E-state index in [-0.39, 0.29) is 28.5 Å². The fourth-order valence-corrected chi connectivity index (χ4v) is 2.46. The zero-order valence-electron chi connectivity index (χ0n) is 10.2. The Labute approximate surface area is 119 Å². The third-order valence-electron chi connectivity index (χ3n) is 3.22. The van der Waals surface area contributed by atoms with Crippen LogP contribution < -0.4 is 5.32 Å². The van der Waals surface area contributed by atoms with E-state index in [9.17, 15) is 14.0 Å². The maximum Gasteiger partial charge on any atom is 0.239 e. The lowest BCUT2D eigenvalue weighted by Gasteiger charge is -2.09. The molecule has 2 aromatic rings. The lowest BCUT2D eigenvalue weighted by molar-refractivity contribution is -0.113. The number of amides is 1. The highest BCUT2D eigenvalue weighted by molar-refractivity contribution is 6.30. The summed E-state index contributed by atoms with van der Waals surface area (Å²) in [5.41, 5.74) is 1.69. The van der Waals surface area contributed by atoms with Crippen LogP contribution in [0.1, 0.15) is 15.9 Å². The number of benzene rings is 2. The molecule has 0 heterocycles. The van der Waals surface area contributed by atoms with Crippen LogP contribution in [0.5, 0.6) is 0 Å². The molecule has 1 aliphatic rings. The van der Waals surface area contributed by atoms with E-state index in [4.69, 9.17) is 11.6 Å². The van der Waals surface area contributed by atoms with Gasteiger partial charge in [-0.2, -0.15) is 0 Å². The van der Waals surface area contributed by atoms with Gasteiger partial charge in [0, 0.05) is 11.1 Å². The molecule has 0 saturated carbocycles. The second kappa shape index (κ2) is 4.72. The smallest absolute Gasteiger partial charge is 0.239 e. The average Bonchev–Trinajstić information content (AvgIpc) is 2.77. The summed E-state index contributed by atoms with van der Waals surface area (Å²) in [6.07, 6.45) is 0. The molecule has 0 radical (unpaired) electrons. The number of carbonyl (C=O) groups is 2. The molecule has 1 N–H and O–H groups in total. The molecule has 20 heavy (non-hydrogen) atoms. The minimum atomic E-state index is -0.484. The molecule has 3 nitrogen and oxygen atoms in total. The number of rotatable bonds is 2. The molecule has 5 heteroatoms. The first-order valence-corrected chi connectivity index (χ1v) is 6.49. The first-order chi connectivity index (χ1) is 9.63. The Balaban J connectivity index is 2.22. The maximum atomic E-state index is 14.1. The molecule has 0 saturated heterocycles. The highest BCUT2D eigenvalue weighted by atomic mass is 35.5. The van der Waals surface area contributed by atoms with Gasteiger partial charge in [0.05, 0.1) is 11.3 Å². The van der Waals surface area contributed by atoms with Crippen molar-refractivity contribution in [3.63, 3.8) is 0 Å². The molecule has 0 atom stereocenters. The van der Waals surface area contributed by atoms with Gasteiger partial charge in [-0.25, -0.2) is 4.39 Å². The van der Waals surface area contributed by atoms with Crippen molar-refractivity contribution < 1.29 is 14.0 Å². The van der Waals surface area contributed by atoms with Gasteiger partial charge in [0.15, 0.2) is 5.78 Å². The summed E-state index contributed by atoms with van der Waals surface area (Å²) in [6.45, 7) is 0. The number of fused-ring (bicyclic) bond motifs is 3. The van der Waals surface area contributed by atoms with Crippen LogP contribution in [0.25, 0.3) is 11.1 Å².